The molecule has 30 heavy (non-hydrogen) atoms. The maximum absolute atomic E-state index is 12.8. The fourth-order valence-electron chi connectivity index (χ4n) is 3.14. The van der Waals surface area contributed by atoms with Gasteiger partial charge in [-0.25, -0.2) is 4.79 Å². The number of fused-ring (bicyclic) bond motifs is 1. The third-order valence-corrected chi connectivity index (χ3v) is 4.58. The Morgan fingerprint density at radius 1 is 1.10 bits per heavy atom. The Kier molecular flexibility index (Phi) is 6.05. The van der Waals surface area contributed by atoms with Gasteiger partial charge in [0.25, 0.3) is 5.91 Å². The number of amides is 1. The highest BCUT2D eigenvalue weighted by Crippen LogP contribution is 2.30. The molecule has 0 saturated heterocycles. The number of nitrogens with one attached hydrogen (secondary N) is 1. The van der Waals surface area contributed by atoms with E-state index < -0.39 is 30.2 Å². The first-order valence-corrected chi connectivity index (χ1v) is 9.23. The van der Waals surface area contributed by atoms with Crippen LogP contribution in [0.4, 0.5) is 18.9 Å². The van der Waals surface area contributed by atoms with Gasteiger partial charge in [-0.3, -0.25) is 9.78 Å². The first-order chi connectivity index (χ1) is 14.2. The topological polar surface area (TPSA) is 68.3 Å². The molecule has 0 aliphatic rings. The fourth-order valence-corrected chi connectivity index (χ4v) is 3.14. The van der Waals surface area contributed by atoms with E-state index in [2.05, 4.69) is 10.3 Å². The standard InChI is InChI=1S/C22H19F3N2O3/c1-3-17-13(2)20(16-9-4-5-10-18(16)27-17)21(29)30-12-19(28)26-15-8-6-7-14(11-15)22(23,24)25/h4-11H,3,12H2,1-2H3,(H,26,28). The maximum atomic E-state index is 12.8. The number of hydrogen-bond acceptors (Lipinski definition) is 4. The molecule has 0 radical (unpaired) electrons. The number of aromatic nitrogens is 1. The van der Waals surface area contributed by atoms with E-state index in [9.17, 15) is 22.8 Å². The molecule has 156 valence electrons. The summed E-state index contributed by atoms with van der Waals surface area (Å²) in [5.41, 5.74) is 1.45. The lowest BCUT2D eigenvalue weighted by atomic mass is 10.0. The van der Waals surface area contributed by atoms with Gasteiger partial charge in [0, 0.05) is 16.8 Å². The van der Waals surface area contributed by atoms with Crippen LogP contribution >= 0.6 is 0 Å². The smallest absolute Gasteiger partial charge is 0.416 e. The van der Waals surface area contributed by atoms with Gasteiger partial charge in [0.1, 0.15) is 0 Å². The Morgan fingerprint density at radius 2 is 1.83 bits per heavy atom. The van der Waals surface area contributed by atoms with E-state index >= 15 is 0 Å². The average Bonchev–Trinajstić information content (AvgIpc) is 2.71. The van der Waals surface area contributed by atoms with Gasteiger partial charge in [-0.15, -0.1) is 0 Å². The van der Waals surface area contributed by atoms with E-state index in [4.69, 9.17) is 4.74 Å². The number of halogens is 3. The van der Waals surface area contributed by atoms with Crippen LogP contribution in [0.1, 0.15) is 34.1 Å². The van der Waals surface area contributed by atoms with Crippen LogP contribution in [-0.2, 0) is 22.1 Å². The Balaban J connectivity index is 1.75. The summed E-state index contributed by atoms with van der Waals surface area (Å²) in [6, 6.07) is 11.3. The Morgan fingerprint density at radius 3 is 2.53 bits per heavy atom. The lowest BCUT2D eigenvalue weighted by Gasteiger charge is -2.13. The summed E-state index contributed by atoms with van der Waals surface area (Å²) < 4.78 is 43.5. The van der Waals surface area contributed by atoms with E-state index in [1.807, 2.05) is 13.0 Å². The molecule has 2 aromatic carbocycles. The number of hydrogen-bond donors (Lipinski definition) is 1. The first-order valence-electron chi connectivity index (χ1n) is 9.23. The molecule has 0 bridgehead atoms. The zero-order valence-corrected chi connectivity index (χ0v) is 16.3. The minimum absolute atomic E-state index is 0.0373. The molecule has 0 spiro atoms. The van der Waals surface area contributed by atoms with Crippen LogP contribution in [0.2, 0.25) is 0 Å². The normalized spacial score (nSPS) is 11.4. The number of carbonyl (C=O) groups excluding carboxylic acids is 2. The molecular weight excluding hydrogens is 397 g/mol. The van der Waals surface area contributed by atoms with Crippen LogP contribution in [0.15, 0.2) is 48.5 Å². The minimum Gasteiger partial charge on any atom is -0.452 e. The summed E-state index contributed by atoms with van der Waals surface area (Å²) in [6.07, 6.45) is -3.91. The van der Waals surface area contributed by atoms with Gasteiger partial charge >= 0.3 is 12.1 Å². The van der Waals surface area contributed by atoms with Crippen molar-refractivity contribution in [2.24, 2.45) is 0 Å². The summed E-state index contributed by atoms with van der Waals surface area (Å²) in [6.45, 7) is 3.05. The number of para-hydroxylation sites is 1. The molecule has 1 N–H and O–H groups in total. The van der Waals surface area contributed by atoms with E-state index in [1.54, 1.807) is 25.1 Å². The number of anilines is 1. The molecule has 0 aliphatic heterocycles. The number of ether oxygens (including phenoxy) is 1. The van der Waals surface area contributed by atoms with Gasteiger partial charge < -0.3 is 10.1 Å². The van der Waals surface area contributed by atoms with Crippen molar-refractivity contribution in [3.63, 3.8) is 0 Å². The van der Waals surface area contributed by atoms with Crippen molar-refractivity contribution < 1.29 is 27.5 Å². The van der Waals surface area contributed by atoms with Crippen molar-refractivity contribution in [2.45, 2.75) is 26.4 Å². The van der Waals surface area contributed by atoms with Crippen LogP contribution in [-0.4, -0.2) is 23.5 Å². The van der Waals surface area contributed by atoms with Crippen LogP contribution in [0.5, 0.6) is 0 Å². The van der Waals surface area contributed by atoms with Crippen molar-refractivity contribution >= 4 is 28.5 Å². The molecule has 0 unspecified atom stereocenters. The molecule has 0 aliphatic carbocycles. The van der Waals surface area contributed by atoms with Gasteiger partial charge in [-0.2, -0.15) is 13.2 Å². The SMILES string of the molecule is CCc1nc2ccccc2c(C(=O)OCC(=O)Nc2cccc(C(F)(F)F)c2)c1C. The van der Waals surface area contributed by atoms with Crippen LogP contribution in [0, 0.1) is 6.92 Å². The molecule has 3 rings (SSSR count). The highest BCUT2D eigenvalue weighted by Gasteiger charge is 2.30. The van der Waals surface area contributed by atoms with Crippen LogP contribution < -0.4 is 5.32 Å². The molecule has 8 heteroatoms. The molecular formula is C22H19F3N2O3. The van der Waals surface area contributed by atoms with E-state index in [-0.39, 0.29) is 5.69 Å². The third kappa shape index (κ3) is 4.59. The number of esters is 1. The number of rotatable bonds is 5. The molecule has 1 aromatic heterocycles. The van der Waals surface area contributed by atoms with Crippen molar-refractivity contribution in [2.75, 3.05) is 11.9 Å². The lowest BCUT2D eigenvalue weighted by molar-refractivity contribution is -0.137. The van der Waals surface area contributed by atoms with Crippen LogP contribution in [0.25, 0.3) is 10.9 Å². The van der Waals surface area contributed by atoms with Gasteiger partial charge in [-0.05, 0) is 43.2 Å². The predicted molar refractivity (Wildman–Crippen MR) is 106 cm³/mol. The molecule has 0 saturated carbocycles. The first kappa shape index (κ1) is 21.3. The van der Waals surface area contributed by atoms with Crippen LogP contribution in [0.3, 0.4) is 0 Å². The van der Waals surface area contributed by atoms with Gasteiger partial charge in [0.05, 0.1) is 16.6 Å². The zero-order valence-electron chi connectivity index (χ0n) is 16.3. The Bertz CT molecular complexity index is 1110. The number of nitrogens with zero attached hydrogens (tertiary/aromatic N) is 1. The molecule has 1 amide bonds. The quantitative estimate of drug-likeness (QED) is 0.600. The van der Waals surface area contributed by atoms with Gasteiger partial charge in [0.15, 0.2) is 6.61 Å². The Hall–Kier alpha value is -3.42. The summed E-state index contributed by atoms with van der Waals surface area (Å²) >= 11 is 0. The largest absolute Gasteiger partial charge is 0.452 e. The van der Waals surface area contributed by atoms with Gasteiger partial charge in [-0.1, -0.05) is 31.2 Å². The van der Waals surface area contributed by atoms with Crippen molar-refractivity contribution in [1.29, 1.82) is 0 Å². The highest BCUT2D eigenvalue weighted by molar-refractivity contribution is 6.05. The second kappa shape index (κ2) is 8.52. The second-order valence-corrected chi connectivity index (χ2v) is 6.63. The molecule has 5 nitrogen and oxygen atoms in total. The maximum Gasteiger partial charge on any atom is 0.416 e. The van der Waals surface area contributed by atoms with E-state index in [0.29, 0.717) is 28.5 Å². The summed E-state index contributed by atoms with van der Waals surface area (Å²) in [4.78, 5) is 29.3. The number of carbonyl (C=O) groups is 2. The highest BCUT2D eigenvalue weighted by atomic mass is 19.4. The predicted octanol–water partition coefficient (Wildman–Crippen LogP) is 4.92. The molecule has 1 heterocycles. The summed E-state index contributed by atoms with van der Waals surface area (Å²) in [7, 11) is 0. The Labute approximate surface area is 170 Å². The summed E-state index contributed by atoms with van der Waals surface area (Å²) in [5.74, 6) is -1.44. The number of benzene rings is 2. The summed E-state index contributed by atoms with van der Waals surface area (Å²) in [5, 5.41) is 2.91. The van der Waals surface area contributed by atoms with Crippen molar-refractivity contribution in [1.82, 2.24) is 4.98 Å². The lowest BCUT2D eigenvalue weighted by Crippen LogP contribution is -2.22. The zero-order chi connectivity index (χ0) is 21.9. The van der Waals surface area contributed by atoms with Crippen molar-refractivity contribution in [3.05, 3.63) is 70.9 Å². The third-order valence-electron chi connectivity index (χ3n) is 4.58. The number of alkyl halides is 3. The number of aryl methyl sites for hydroxylation is 1. The van der Waals surface area contributed by atoms with E-state index in [1.165, 1.54) is 12.1 Å². The average molecular weight is 416 g/mol. The van der Waals surface area contributed by atoms with Crippen molar-refractivity contribution in [3.8, 4) is 0 Å². The molecule has 0 fully saturated rings. The minimum atomic E-state index is -4.52. The monoisotopic (exact) mass is 416 g/mol. The second-order valence-electron chi connectivity index (χ2n) is 6.63. The number of pyridine rings is 1. The van der Waals surface area contributed by atoms with E-state index in [0.717, 1.165) is 17.8 Å². The van der Waals surface area contributed by atoms with Gasteiger partial charge in [0.2, 0.25) is 0 Å². The fraction of sp³-hybridized carbons (Fsp3) is 0.227. The molecule has 0 atom stereocenters. The molecule has 3 aromatic rings.